The van der Waals surface area contributed by atoms with Gasteiger partial charge in [-0.2, -0.15) is 13.2 Å². The van der Waals surface area contributed by atoms with Crippen molar-refractivity contribution in [2.24, 2.45) is 5.92 Å². The van der Waals surface area contributed by atoms with Crippen molar-refractivity contribution in [1.82, 2.24) is 9.80 Å². The van der Waals surface area contributed by atoms with Gasteiger partial charge in [0.25, 0.3) is 0 Å². The first-order valence-corrected chi connectivity index (χ1v) is 10.2. The number of rotatable bonds is 4. The lowest BCUT2D eigenvalue weighted by Gasteiger charge is -2.45. The third kappa shape index (κ3) is 5.63. The zero-order valence-electron chi connectivity index (χ0n) is 16.0. The Hall–Kier alpha value is -1.35. The lowest BCUT2D eigenvalue weighted by Crippen LogP contribution is -2.61. The smallest absolute Gasteiger partial charge is 0.388 e. The number of halogens is 4. The number of carbonyl (C=O) groups is 1. The number of piperidine rings is 2. The van der Waals surface area contributed by atoms with Gasteiger partial charge < -0.3 is 20.0 Å². The van der Waals surface area contributed by atoms with Gasteiger partial charge >= 0.3 is 6.18 Å². The number of hydrogen-bond donors (Lipinski definition) is 2. The number of likely N-dealkylation sites (tertiary alicyclic amines) is 2. The molecule has 1 aromatic rings. The van der Waals surface area contributed by atoms with E-state index in [4.69, 9.17) is 11.6 Å². The minimum atomic E-state index is -4.18. The van der Waals surface area contributed by atoms with Crippen LogP contribution in [-0.4, -0.2) is 76.5 Å². The summed E-state index contributed by atoms with van der Waals surface area (Å²) < 4.78 is 38.4. The molecule has 0 saturated carbocycles. The third-order valence-corrected chi connectivity index (χ3v) is 6.25. The SMILES string of the molecule is O=C(Cc1ccc(Cl)cc1)N1CC[C@](O)(CN2CCC(C(F)(F)F)CC2)[C@@H](O)C1. The number of aliphatic hydroxyl groups is 2. The Labute approximate surface area is 173 Å². The molecule has 29 heavy (non-hydrogen) atoms. The molecular formula is C20H26ClF3N2O3. The molecule has 2 aliphatic rings. The van der Waals surface area contributed by atoms with Gasteiger partial charge in [0.2, 0.25) is 5.91 Å². The van der Waals surface area contributed by atoms with Crippen LogP contribution >= 0.6 is 11.6 Å². The van der Waals surface area contributed by atoms with E-state index in [2.05, 4.69) is 0 Å². The number of hydrogen-bond acceptors (Lipinski definition) is 4. The van der Waals surface area contributed by atoms with Gasteiger partial charge in [-0.3, -0.25) is 4.79 Å². The Morgan fingerprint density at radius 3 is 2.34 bits per heavy atom. The van der Waals surface area contributed by atoms with Gasteiger partial charge in [0, 0.05) is 24.7 Å². The highest BCUT2D eigenvalue weighted by atomic mass is 35.5. The maximum atomic E-state index is 12.8. The van der Waals surface area contributed by atoms with Gasteiger partial charge in [-0.05, 0) is 50.0 Å². The number of aliphatic hydroxyl groups excluding tert-OH is 1. The van der Waals surface area contributed by atoms with E-state index in [1.54, 1.807) is 29.2 Å². The topological polar surface area (TPSA) is 64.0 Å². The molecule has 2 heterocycles. The number of nitrogens with zero attached hydrogens (tertiary/aromatic N) is 2. The Morgan fingerprint density at radius 1 is 1.17 bits per heavy atom. The van der Waals surface area contributed by atoms with Crippen LogP contribution in [0.2, 0.25) is 5.02 Å². The summed E-state index contributed by atoms with van der Waals surface area (Å²) in [6.07, 6.45) is -4.97. The average molecular weight is 435 g/mol. The molecule has 1 amide bonds. The predicted molar refractivity (Wildman–Crippen MR) is 103 cm³/mol. The number of benzene rings is 1. The van der Waals surface area contributed by atoms with E-state index >= 15 is 0 Å². The van der Waals surface area contributed by atoms with Gasteiger partial charge in [0.05, 0.1) is 12.3 Å². The molecule has 2 fully saturated rings. The van der Waals surface area contributed by atoms with Crippen molar-refractivity contribution in [1.29, 1.82) is 0 Å². The molecule has 2 saturated heterocycles. The van der Waals surface area contributed by atoms with Crippen LogP contribution < -0.4 is 0 Å². The van der Waals surface area contributed by atoms with Gasteiger partial charge in [0.1, 0.15) is 11.7 Å². The van der Waals surface area contributed by atoms with E-state index in [1.165, 1.54) is 4.90 Å². The summed E-state index contributed by atoms with van der Waals surface area (Å²) in [5.41, 5.74) is -0.621. The second-order valence-electron chi connectivity index (χ2n) is 8.10. The van der Waals surface area contributed by atoms with Crippen molar-refractivity contribution < 1.29 is 28.2 Å². The quantitative estimate of drug-likeness (QED) is 0.764. The van der Waals surface area contributed by atoms with Gasteiger partial charge in [-0.25, -0.2) is 0 Å². The molecule has 3 rings (SSSR count). The van der Waals surface area contributed by atoms with Crippen LogP contribution in [-0.2, 0) is 11.2 Å². The van der Waals surface area contributed by atoms with Gasteiger partial charge in [0.15, 0.2) is 0 Å². The number of β-amino-alcohol motifs (C(OH)–C–C–N with tert-alkyl or cyclic N) is 2. The van der Waals surface area contributed by atoms with Crippen molar-refractivity contribution in [3.63, 3.8) is 0 Å². The molecule has 1 aromatic carbocycles. The zero-order chi connectivity index (χ0) is 21.2. The van der Waals surface area contributed by atoms with Crippen molar-refractivity contribution in [2.75, 3.05) is 32.7 Å². The van der Waals surface area contributed by atoms with E-state index in [-0.39, 0.29) is 57.8 Å². The molecule has 162 valence electrons. The minimum absolute atomic E-state index is 0.00137. The summed E-state index contributed by atoms with van der Waals surface area (Å²) in [7, 11) is 0. The first-order chi connectivity index (χ1) is 13.6. The monoisotopic (exact) mass is 434 g/mol. The molecule has 0 bridgehead atoms. The fraction of sp³-hybridized carbons (Fsp3) is 0.650. The molecule has 9 heteroatoms. The Balaban J connectivity index is 1.51. The molecular weight excluding hydrogens is 409 g/mol. The molecule has 0 unspecified atom stereocenters. The van der Waals surface area contributed by atoms with E-state index in [0.717, 1.165) is 5.56 Å². The highest BCUT2D eigenvalue weighted by molar-refractivity contribution is 6.30. The Morgan fingerprint density at radius 2 is 1.79 bits per heavy atom. The van der Waals surface area contributed by atoms with E-state index in [1.807, 2.05) is 0 Å². The largest absolute Gasteiger partial charge is 0.391 e. The van der Waals surface area contributed by atoms with Crippen LogP contribution in [0.1, 0.15) is 24.8 Å². The molecule has 2 aliphatic heterocycles. The molecule has 0 radical (unpaired) electrons. The molecule has 0 aliphatic carbocycles. The summed E-state index contributed by atoms with van der Waals surface area (Å²) >= 11 is 5.84. The summed E-state index contributed by atoms with van der Waals surface area (Å²) in [4.78, 5) is 15.8. The number of carbonyl (C=O) groups excluding carboxylic acids is 1. The minimum Gasteiger partial charge on any atom is -0.388 e. The Bertz CT molecular complexity index is 708. The van der Waals surface area contributed by atoms with Crippen molar-refractivity contribution in [3.05, 3.63) is 34.9 Å². The van der Waals surface area contributed by atoms with Crippen LogP contribution in [0.3, 0.4) is 0 Å². The first-order valence-electron chi connectivity index (χ1n) is 9.78. The van der Waals surface area contributed by atoms with Crippen LogP contribution in [0.5, 0.6) is 0 Å². The van der Waals surface area contributed by atoms with Gasteiger partial charge in [-0.1, -0.05) is 23.7 Å². The second-order valence-corrected chi connectivity index (χ2v) is 8.54. The number of amides is 1. The summed E-state index contributed by atoms with van der Waals surface area (Å²) in [6.45, 7) is 0.871. The van der Waals surface area contributed by atoms with E-state index in [9.17, 15) is 28.2 Å². The van der Waals surface area contributed by atoms with Crippen molar-refractivity contribution >= 4 is 17.5 Å². The number of alkyl halides is 3. The second kappa shape index (κ2) is 8.79. The maximum Gasteiger partial charge on any atom is 0.391 e. The van der Waals surface area contributed by atoms with Crippen molar-refractivity contribution in [2.45, 2.75) is 43.6 Å². The van der Waals surface area contributed by atoms with Gasteiger partial charge in [-0.15, -0.1) is 0 Å². The molecule has 5 nitrogen and oxygen atoms in total. The average Bonchev–Trinajstić information content (AvgIpc) is 2.65. The van der Waals surface area contributed by atoms with Crippen molar-refractivity contribution in [3.8, 4) is 0 Å². The summed E-state index contributed by atoms with van der Waals surface area (Å²) in [6, 6.07) is 6.94. The van der Waals surface area contributed by atoms with Crippen LogP contribution in [0.15, 0.2) is 24.3 Å². The highest BCUT2D eigenvalue weighted by Crippen LogP contribution is 2.35. The lowest BCUT2D eigenvalue weighted by molar-refractivity contribution is -0.189. The first kappa shape index (κ1) is 22.3. The lowest BCUT2D eigenvalue weighted by atomic mass is 9.86. The summed E-state index contributed by atoms with van der Waals surface area (Å²) in [5, 5.41) is 21.9. The fourth-order valence-electron chi connectivity index (χ4n) is 4.07. The van der Waals surface area contributed by atoms with Crippen LogP contribution in [0, 0.1) is 5.92 Å². The summed E-state index contributed by atoms with van der Waals surface area (Å²) in [5.74, 6) is -1.45. The molecule has 0 aromatic heterocycles. The maximum absolute atomic E-state index is 12.8. The third-order valence-electron chi connectivity index (χ3n) is 6.00. The standard InChI is InChI=1S/C20H26ClF3N2O3/c21-16-3-1-14(2-4-16)11-18(28)26-10-7-19(29,17(27)12-26)13-25-8-5-15(6-9-25)20(22,23)24/h1-4,15,17,27,29H,5-13H2/t17-,19-/m0/s1. The fourth-order valence-corrected chi connectivity index (χ4v) is 4.20. The van der Waals surface area contributed by atoms with Crippen LogP contribution in [0.25, 0.3) is 0 Å². The normalized spacial score (nSPS) is 27.2. The van der Waals surface area contributed by atoms with Crippen LogP contribution in [0.4, 0.5) is 13.2 Å². The van der Waals surface area contributed by atoms with E-state index in [0.29, 0.717) is 11.6 Å². The zero-order valence-corrected chi connectivity index (χ0v) is 16.8. The van der Waals surface area contributed by atoms with E-state index < -0.39 is 23.8 Å². The highest BCUT2D eigenvalue weighted by Gasteiger charge is 2.45. The molecule has 2 N–H and O–H groups in total. The molecule has 0 spiro atoms. The molecule has 2 atom stereocenters. The predicted octanol–water partition coefficient (Wildman–Crippen LogP) is 2.48. The Kier molecular flexibility index (Phi) is 6.77.